The Bertz CT molecular complexity index is 246. The first-order valence-electron chi connectivity index (χ1n) is 5.99. The number of nitrogens with one attached hydrogen (secondary N) is 3. The predicted molar refractivity (Wildman–Crippen MR) is 69.5 cm³/mol. The molecule has 106 valence electrons. The second-order valence-electron chi connectivity index (χ2n) is 4.00. The number of ether oxygens (including phenoxy) is 1. The summed E-state index contributed by atoms with van der Waals surface area (Å²) in [4.78, 5) is 23.9. The van der Waals surface area contributed by atoms with Crippen molar-refractivity contribution in [1.82, 2.24) is 20.9 Å². The molecule has 0 saturated carbocycles. The Kier molecular flexibility index (Phi) is 9.99. The lowest BCUT2D eigenvalue weighted by atomic mass is 10.4. The molecule has 3 amide bonds. The van der Waals surface area contributed by atoms with Crippen LogP contribution in [-0.2, 0) is 9.53 Å². The number of hydrogen-bond acceptors (Lipinski definition) is 4. The van der Waals surface area contributed by atoms with Crippen LogP contribution in [0.3, 0.4) is 0 Å². The third kappa shape index (κ3) is 9.86. The molecule has 0 fully saturated rings. The summed E-state index contributed by atoms with van der Waals surface area (Å²) in [7, 11) is 4.98. The molecule has 0 rings (SSSR count). The summed E-state index contributed by atoms with van der Waals surface area (Å²) >= 11 is 0. The maximum Gasteiger partial charge on any atom is 0.316 e. The first-order chi connectivity index (χ1) is 8.57. The third-order valence-electron chi connectivity index (χ3n) is 2.12. The fourth-order valence-corrected chi connectivity index (χ4v) is 1.12. The van der Waals surface area contributed by atoms with Gasteiger partial charge >= 0.3 is 6.03 Å². The SMILES string of the molecule is COCCCNC(=O)CNCCNC(=O)N(C)C. The zero-order valence-electron chi connectivity index (χ0n) is 11.4. The minimum Gasteiger partial charge on any atom is -0.385 e. The van der Waals surface area contributed by atoms with Crippen molar-refractivity contribution in [3.63, 3.8) is 0 Å². The number of urea groups is 1. The number of nitrogens with zero attached hydrogens (tertiary/aromatic N) is 1. The van der Waals surface area contributed by atoms with Crippen molar-refractivity contribution in [1.29, 1.82) is 0 Å². The molecule has 0 aliphatic carbocycles. The van der Waals surface area contributed by atoms with Gasteiger partial charge in [0.15, 0.2) is 0 Å². The zero-order chi connectivity index (χ0) is 13.8. The van der Waals surface area contributed by atoms with Crippen LogP contribution in [0.25, 0.3) is 0 Å². The number of rotatable bonds is 9. The summed E-state index contributed by atoms with van der Waals surface area (Å²) in [6.07, 6.45) is 0.807. The number of carbonyl (C=O) groups excluding carboxylic acids is 2. The van der Waals surface area contributed by atoms with Gasteiger partial charge in [0.2, 0.25) is 5.91 Å². The maximum absolute atomic E-state index is 11.3. The van der Waals surface area contributed by atoms with E-state index in [0.717, 1.165) is 6.42 Å². The molecule has 0 unspecified atom stereocenters. The topological polar surface area (TPSA) is 82.7 Å². The highest BCUT2D eigenvalue weighted by molar-refractivity contribution is 5.78. The van der Waals surface area contributed by atoms with Gasteiger partial charge < -0.3 is 25.6 Å². The molecule has 7 nitrogen and oxygen atoms in total. The molecule has 3 N–H and O–H groups in total. The molecule has 0 saturated heterocycles. The van der Waals surface area contributed by atoms with Crippen molar-refractivity contribution >= 4 is 11.9 Å². The van der Waals surface area contributed by atoms with Crippen LogP contribution in [0.15, 0.2) is 0 Å². The van der Waals surface area contributed by atoms with Gasteiger partial charge in [-0.1, -0.05) is 0 Å². The Morgan fingerprint density at radius 1 is 1.11 bits per heavy atom. The van der Waals surface area contributed by atoms with Crippen LogP contribution in [0.2, 0.25) is 0 Å². The molecule has 0 aliphatic rings. The highest BCUT2D eigenvalue weighted by Crippen LogP contribution is 1.77. The molecule has 0 bridgehead atoms. The lowest BCUT2D eigenvalue weighted by molar-refractivity contribution is -0.120. The van der Waals surface area contributed by atoms with Crippen LogP contribution in [0, 0.1) is 0 Å². The molecule has 18 heavy (non-hydrogen) atoms. The fraction of sp³-hybridized carbons (Fsp3) is 0.818. The summed E-state index contributed by atoms with van der Waals surface area (Å²) < 4.78 is 4.87. The second-order valence-corrected chi connectivity index (χ2v) is 4.00. The molecule has 0 heterocycles. The molecule has 0 atom stereocenters. The van der Waals surface area contributed by atoms with E-state index in [2.05, 4.69) is 16.0 Å². The smallest absolute Gasteiger partial charge is 0.316 e. The Labute approximate surface area is 108 Å². The first kappa shape index (κ1) is 16.7. The summed E-state index contributed by atoms with van der Waals surface area (Å²) in [6, 6.07) is -0.138. The quantitative estimate of drug-likeness (QED) is 0.464. The van der Waals surface area contributed by atoms with Crippen LogP contribution in [-0.4, -0.2) is 70.8 Å². The van der Waals surface area contributed by atoms with E-state index in [0.29, 0.717) is 26.2 Å². The van der Waals surface area contributed by atoms with E-state index in [-0.39, 0.29) is 18.5 Å². The van der Waals surface area contributed by atoms with Gasteiger partial charge in [-0.05, 0) is 6.42 Å². The zero-order valence-corrected chi connectivity index (χ0v) is 11.4. The summed E-state index contributed by atoms with van der Waals surface area (Å²) in [6.45, 7) is 2.57. The van der Waals surface area contributed by atoms with Crippen LogP contribution in [0.5, 0.6) is 0 Å². The first-order valence-corrected chi connectivity index (χ1v) is 5.99. The van der Waals surface area contributed by atoms with E-state index in [4.69, 9.17) is 4.74 Å². The molecule has 0 radical (unpaired) electrons. The minimum atomic E-state index is -0.138. The highest BCUT2D eigenvalue weighted by atomic mass is 16.5. The van der Waals surface area contributed by atoms with Crippen LogP contribution >= 0.6 is 0 Å². The number of amides is 3. The van der Waals surface area contributed by atoms with Gasteiger partial charge in [-0.15, -0.1) is 0 Å². The molecule has 0 aromatic carbocycles. The van der Waals surface area contributed by atoms with Gasteiger partial charge in [0, 0.05) is 47.4 Å². The Balaban J connectivity index is 3.32. The number of carbonyl (C=O) groups is 2. The maximum atomic E-state index is 11.3. The average Bonchev–Trinajstić information content (AvgIpc) is 2.33. The van der Waals surface area contributed by atoms with Gasteiger partial charge in [-0.3, -0.25) is 4.79 Å². The lowest BCUT2D eigenvalue weighted by Gasteiger charge is -2.12. The van der Waals surface area contributed by atoms with Crippen LogP contribution in [0.4, 0.5) is 4.79 Å². The highest BCUT2D eigenvalue weighted by Gasteiger charge is 2.02. The minimum absolute atomic E-state index is 0.0509. The van der Waals surface area contributed by atoms with Gasteiger partial charge in [-0.25, -0.2) is 4.79 Å². The monoisotopic (exact) mass is 260 g/mol. The van der Waals surface area contributed by atoms with Crippen molar-refractivity contribution in [3.05, 3.63) is 0 Å². The number of methoxy groups -OCH3 is 1. The Morgan fingerprint density at radius 3 is 2.44 bits per heavy atom. The normalized spacial score (nSPS) is 9.94. The van der Waals surface area contributed by atoms with Gasteiger partial charge in [0.25, 0.3) is 0 Å². The van der Waals surface area contributed by atoms with E-state index in [1.54, 1.807) is 21.2 Å². The molecule has 7 heteroatoms. The molecular formula is C11H24N4O3. The fourth-order valence-electron chi connectivity index (χ4n) is 1.12. The Morgan fingerprint density at radius 2 is 1.83 bits per heavy atom. The molecule has 0 aromatic heterocycles. The second kappa shape index (κ2) is 10.8. The van der Waals surface area contributed by atoms with E-state index in [9.17, 15) is 9.59 Å². The van der Waals surface area contributed by atoms with Crippen molar-refractivity contribution in [2.75, 3.05) is 54.0 Å². The van der Waals surface area contributed by atoms with Crippen molar-refractivity contribution < 1.29 is 14.3 Å². The molecule has 0 aliphatic heterocycles. The molecular weight excluding hydrogens is 236 g/mol. The lowest BCUT2D eigenvalue weighted by Crippen LogP contribution is -2.41. The predicted octanol–water partition coefficient (Wildman–Crippen LogP) is -1.00. The summed E-state index contributed by atoms with van der Waals surface area (Å²) in [5.41, 5.74) is 0. The van der Waals surface area contributed by atoms with Gasteiger partial charge in [0.1, 0.15) is 0 Å². The van der Waals surface area contributed by atoms with E-state index in [1.807, 2.05) is 0 Å². The molecule has 0 spiro atoms. The van der Waals surface area contributed by atoms with Gasteiger partial charge in [-0.2, -0.15) is 0 Å². The van der Waals surface area contributed by atoms with Crippen molar-refractivity contribution in [2.45, 2.75) is 6.42 Å². The van der Waals surface area contributed by atoms with Crippen molar-refractivity contribution in [2.24, 2.45) is 0 Å². The van der Waals surface area contributed by atoms with Crippen LogP contribution in [0.1, 0.15) is 6.42 Å². The van der Waals surface area contributed by atoms with E-state index >= 15 is 0 Å². The third-order valence-corrected chi connectivity index (χ3v) is 2.12. The molecule has 0 aromatic rings. The number of hydrogen-bond donors (Lipinski definition) is 3. The average molecular weight is 260 g/mol. The van der Waals surface area contributed by atoms with Gasteiger partial charge in [0.05, 0.1) is 6.54 Å². The van der Waals surface area contributed by atoms with Crippen LogP contribution < -0.4 is 16.0 Å². The standard InChI is InChI=1S/C11H24N4O3/c1-15(2)11(17)14-7-6-12-9-10(16)13-5-4-8-18-3/h12H,4-9H2,1-3H3,(H,13,16)(H,14,17). The summed E-state index contributed by atoms with van der Waals surface area (Å²) in [5.74, 6) is -0.0509. The van der Waals surface area contributed by atoms with E-state index in [1.165, 1.54) is 4.90 Å². The summed E-state index contributed by atoms with van der Waals surface area (Å²) in [5, 5.41) is 8.39. The van der Waals surface area contributed by atoms with E-state index < -0.39 is 0 Å². The largest absolute Gasteiger partial charge is 0.385 e. The Hall–Kier alpha value is -1.34. The van der Waals surface area contributed by atoms with Crippen molar-refractivity contribution in [3.8, 4) is 0 Å².